The number of hydrogen-bond donors (Lipinski definition) is 1. The lowest BCUT2D eigenvalue weighted by Crippen LogP contribution is -2.27. The molecule has 3 heterocycles. The molecule has 4 aromatic rings. The van der Waals surface area contributed by atoms with Crippen LogP contribution in [0.2, 0.25) is 0 Å². The molecule has 8 nitrogen and oxygen atoms in total. The number of aromatic nitrogens is 5. The molecule has 0 saturated carbocycles. The Morgan fingerprint density at radius 1 is 1.16 bits per heavy atom. The van der Waals surface area contributed by atoms with E-state index in [4.69, 9.17) is 9.84 Å². The molecule has 1 aromatic carbocycles. The van der Waals surface area contributed by atoms with Crippen LogP contribution in [0.5, 0.6) is 5.75 Å². The van der Waals surface area contributed by atoms with Crippen molar-refractivity contribution in [3.63, 3.8) is 0 Å². The number of nitrogens with one attached hydrogen (secondary N) is 1. The van der Waals surface area contributed by atoms with Gasteiger partial charge in [-0.05, 0) is 42.7 Å². The number of rotatable bonds is 10. The van der Waals surface area contributed by atoms with Gasteiger partial charge in [-0.3, -0.25) is 9.20 Å². The Morgan fingerprint density at radius 3 is 2.72 bits per heavy atom. The van der Waals surface area contributed by atoms with Gasteiger partial charge in [0, 0.05) is 37.3 Å². The van der Waals surface area contributed by atoms with Crippen molar-refractivity contribution in [1.29, 1.82) is 0 Å². The number of nitrogens with zero attached hydrogens (tertiary/aromatic N) is 5. The molecule has 0 spiro atoms. The summed E-state index contributed by atoms with van der Waals surface area (Å²) in [6.07, 6.45) is 6.86. The lowest BCUT2D eigenvalue weighted by atomic mass is 10.1. The van der Waals surface area contributed by atoms with Gasteiger partial charge in [0.2, 0.25) is 5.91 Å². The molecule has 0 aliphatic rings. The molecule has 0 atom stereocenters. The van der Waals surface area contributed by atoms with Crippen LogP contribution in [0.4, 0.5) is 0 Å². The topological polar surface area (TPSA) is 85.8 Å². The van der Waals surface area contributed by atoms with E-state index < -0.39 is 0 Å². The molecule has 3 aromatic heterocycles. The van der Waals surface area contributed by atoms with Crippen LogP contribution in [0.25, 0.3) is 22.4 Å². The molecule has 1 amide bonds. The van der Waals surface area contributed by atoms with E-state index in [2.05, 4.69) is 36.3 Å². The fraction of sp³-hybridized carbons (Fsp3) is 0.417. The summed E-state index contributed by atoms with van der Waals surface area (Å²) in [6.45, 7) is 7.72. The Labute approximate surface area is 187 Å². The first-order valence-corrected chi connectivity index (χ1v) is 11.3. The maximum absolute atomic E-state index is 12.1. The molecule has 0 radical (unpaired) electrons. The minimum atomic E-state index is 0.0327. The fourth-order valence-electron chi connectivity index (χ4n) is 3.46. The van der Waals surface area contributed by atoms with Crippen LogP contribution < -0.4 is 10.1 Å². The average molecular weight is 435 g/mol. The van der Waals surface area contributed by atoms with Crippen molar-refractivity contribution in [3.8, 4) is 17.0 Å². The molecule has 4 rings (SSSR count). The number of benzene rings is 1. The van der Waals surface area contributed by atoms with Gasteiger partial charge in [0.25, 0.3) is 0 Å². The first kappa shape index (κ1) is 21.8. The third-order valence-corrected chi connectivity index (χ3v) is 5.29. The normalized spacial score (nSPS) is 11.5. The van der Waals surface area contributed by atoms with Crippen molar-refractivity contribution in [2.45, 2.75) is 46.5 Å². The summed E-state index contributed by atoms with van der Waals surface area (Å²) in [4.78, 5) is 12.1. The number of hydrogen-bond acceptors (Lipinski definition) is 5. The zero-order valence-electron chi connectivity index (χ0n) is 18.9. The summed E-state index contributed by atoms with van der Waals surface area (Å²) in [5, 5.41) is 16.3. The molecular formula is C24H30N6O2. The van der Waals surface area contributed by atoms with Gasteiger partial charge in [-0.2, -0.15) is 5.10 Å². The third kappa shape index (κ3) is 4.90. The van der Waals surface area contributed by atoms with Crippen LogP contribution in [-0.2, 0) is 11.2 Å². The number of fused-ring (bicyclic) bond motifs is 3. The Kier molecular flexibility index (Phi) is 6.68. The monoisotopic (exact) mass is 434 g/mol. The maximum Gasteiger partial charge on any atom is 0.220 e. The molecule has 8 heteroatoms. The molecule has 168 valence electrons. The van der Waals surface area contributed by atoms with Crippen LogP contribution in [0.15, 0.2) is 42.7 Å². The van der Waals surface area contributed by atoms with Gasteiger partial charge < -0.3 is 10.1 Å². The summed E-state index contributed by atoms with van der Waals surface area (Å²) in [5.74, 6) is 2.10. The standard InChI is InChI=1S/C24H30N6O2/c1-4-5-14-32-19-8-6-18(7-9-19)20-15-21-24-27-26-22(29(24)12-13-30(21)28-20)10-11-23(31)25-16-17(2)3/h6-9,12-13,15,17H,4-5,10-11,14,16H2,1-3H3,(H,25,31). The number of aryl methyl sites for hydroxylation is 1. The summed E-state index contributed by atoms with van der Waals surface area (Å²) in [5.41, 5.74) is 3.46. The highest BCUT2D eigenvalue weighted by Crippen LogP contribution is 2.24. The van der Waals surface area contributed by atoms with E-state index >= 15 is 0 Å². The summed E-state index contributed by atoms with van der Waals surface area (Å²) in [6, 6.07) is 10.0. The first-order chi connectivity index (χ1) is 15.5. The number of carbonyl (C=O) groups is 1. The minimum absolute atomic E-state index is 0.0327. The van der Waals surface area contributed by atoms with Gasteiger partial charge >= 0.3 is 0 Å². The maximum atomic E-state index is 12.1. The van der Waals surface area contributed by atoms with Crippen LogP contribution in [0.1, 0.15) is 45.9 Å². The van der Waals surface area contributed by atoms with E-state index in [1.807, 2.05) is 51.6 Å². The number of unbranched alkanes of at least 4 members (excludes halogenated alkanes) is 1. The lowest BCUT2D eigenvalue weighted by molar-refractivity contribution is -0.121. The van der Waals surface area contributed by atoms with Crippen LogP contribution in [-0.4, -0.2) is 43.3 Å². The molecule has 0 saturated heterocycles. The van der Waals surface area contributed by atoms with Crippen molar-refractivity contribution < 1.29 is 9.53 Å². The SMILES string of the molecule is CCCCOc1ccc(-c2cc3c4nnc(CCC(=O)NCC(C)C)n4ccn3n2)cc1. The number of carbonyl (C=O) groups excluding carboxylic acids is 1. The minimum Gasteiger partial charge on any atom is -0.494 e. The van der Waals surface area contributed by atoms with Gasteiger partial charge in [-0.15, -0.1) is 10.2 Å². The van der Waals surface area contributed by atoms with E-state index in [-0.39, 0.29) is 5.91 Å². The van der Waals surface area contributed by atoms with Crippen molar-refractivity contribution in [1.82, 2.24) is 29.5 Å². The molecule has 0 aliphatic carbocycles. The molecule has 0 aliphatic heterocycles. The Hall–Kier alpha value is -3.42. The largest absolute Gasteiger partial charge is 0.494 e. The second-order valence-corrected chi connectivity index (χ2v) is 8.39. The van der Waals surface area contributed by atoms with E-state index in [1.54, 1.807) is 0 Å². The Balaban J connectivity index is 1.51. The fourth-order valence-corrected chi connectivity index (χ4v) is 3.46. The van der Waals surface area contributed by atoms with E-state index in [0.717, 1.165) is 53.4 Å². The summed E-state index contributed by atoms with van der Waals surface area (Å²) < 4.78 is 9.49. The molecular weight excluding hydrogens is 404 g/mol. The van der Waals surface area contributed by atoms with Crippen molar-refractivity contribution in [2.75, 3.05) is 13.2 Å². The highest BCUT2D eigenvalue weighted by atomic mass is 16.5. The van der Waals surface area contributed by atoms with Crippen LogP contribution >= 0.6 is 0 Å². The van der Waals surface area contributed by atoms with E-state index in [0.29, 0.717) is 25.3 Å². The van der Waals surface area contributed by atoms with Crippen molar-refractivity contribution in [3.05, 3.63) is 48.5 Å². The average Bonchev–Trinajstić information content (AvgIpc) is 3.41. The lowest BCUT2D eigenvalue weighted by Gasteiger charge is -2.07. The molecule has 0 fully saturated rings. The second kappa shape index (κ2) is 9.80. The molecule has 32 heavy (non-hydrogen) atoms. The molecule has 1 N–H and O–H groups in total. The quantitative estimate of drug-likeness (QED) is 0.382. The van der Waals surface area contributed by atoms with Crippen LogP contribution in [0.3, 0.4) is 0 Å². The second-order valence-electron chi connectivity index (χ2n) is 8.39. The van der Waals surface area contributed by atoms with Gasteiger partial charge in [0.1, 0.15) is 17.1 Å². The Morgan fingerprint density at radius 2 is 1.97 bits per heavy atom. The van der Waals surface area contributed by atoms with Gasteiger partial charge in [-0.25, -0.2) is 4.52 Å². The first-order valence-electron chi connectivity index (χ1n) is 11.3. The third-order valence-electron chi connectivity index (χ3n) is 5.29. The van der Waals surface area contributed by atoms with E-state index in [1.165, 1.54) is 0 Å². The number of ether oxygens (including phenoxy) is 1. The highest BCUT2D eigenvalue weighted by Gasteiger charge is 2.14. The zero-order chi connectivity index (χ0) is 22.5. The molecule has 0 bridgehead atoms. The highest BCUT2D eigenvalue weighted by molar-refractivity contribution is 5.77. The predicted molar refractivity (Wildman–Crippen MR) is 124 cm³/mol. The zero-order valence-corrected chi connectivity index (χ0v) is 18.9. The van der Waals surface area contributed by atoms with Crippen molar-refractivity contribution in [2.24, 2.45) is 5.92 Å². The predicted octanol–water partition coefficient (Wildman–Crippen LogP) is 3.93. The molecule has 0 unspecified atom stereocenters. The van der Waals surface area contributed by atoms with Gasteiger partial charge in [0.05, 0.1) is 12.3 Å². The smallest absolute Gasteiger partial charge is 0.220 e. The van der Waals surface area contributed by atoms with E-state index in [9.17, 15) is 4.79 Å². The van der Waals surface area contributed by atoms with Crippen molar-refractivity contribution >= 4 is 17.1 Å². The van der Waals surface area contributed by atoms with Gasteiger partial charge in [-0.1, -0.05) is 27.2 Å². The Bertz CT molecular complexity index is 1190. The van der Waals surface area contributed by atoms with Crippen LogP contribution in [0, 0.1) is 5.92 Å². The summed E-state index contributed by atoms with van der Waals surface area (Å²) >= 11 is 0. The van der Waals surface area contributed by atoms with Gasteiger partial charge in [0.15, 0.2) is 5.65 Å². The number of amides is 1. The summed E-state index contributed by atoms with van der Waals surface area (Å²) in [7, 11) is 0.